The lowest BCUT2D eigenvalue weighted by molar-refractivity contribution is -0.678. The smallest absolute Gasteiger partial charge is 0.259 e. The monoisotopic (exact) mass is 315 g/mol. The Bertz CT molecular complexity index is 663. The Morgan fingerprint density at radius 2 is 2.00 bits per heavy atom. The number of rotatable bonds is 4. The van der Waals surface area contributed by atoms with Crippen LogP contribution in [0.4, 0.5) is 0 Å². The molecule has 1 aliphatic rings. The van der Waals surface area contributed by atoms with Gasteiger partial charge in [-0.3, -0.25) is 4.79 Å². The van der Waals surface area contributed by atoms with Crippen molar-refractivity contribution in [1.82, 2.24) is 10.2 Å². The van der Waals surface area contributed by atoms with E-state index in [1.54, 1.807) is 11.9 Å². The van der Waals surface area contributed by atoms with Crippen molar-refractivity contribution < 1.29 is 19.1 Å². The van der Waals surface area contributed by atoms with Crippen LogP contribution in [0.25, 0.3) is 5.69 Å². The summed E-state index contributed by atoms with van der Waals surface area (Å²) in [6.45, 7) is 0.201. The molecule has 0 aliphatic heterocycles. The molecule has 0 unspecified atom stereocenters. The number of amides is 1. The van der Waals surface area contributed by atoms with Gasteiger partial charge in [-0.25, -0.2) is 0 Å². The van der Waals surface area contributed by atoms with Gasteiger partial charge in [0.15, 0.2) is 5.95 Å². The van der Waals surface area contributed by atoms with E-state index in [4.69, 9.17) is 4.52 Å². The van der Waals surface area contributed by atoms with Crippen LogP contribution in [0.1, 0.15) is 37.8 Å². The van der Waals surface area contributed by atoms with Gasteiger partial charge in [0, 0.05) is 25.1 Å². The molecule has 1 aliphatic carbocycles. The second-order valence-corrected chi connectivity index (χ2v) is 6.08. The standard InChI is InChI=1S/C17H21N3O3/c1-19(16(21)13-8-4-2-5-9-13)12-15-17(22)23-18-20(15)14-10-6-3-7-11-14/h3,6-7,10-11,13H,2,4-5,8-9,12H2,1H3. The number of aromatic nitrogens is 2. The fraction of sp³-hybridized carbons (Fsp3) is 0.471. The topological polar surface area (TPSA) is 73.3 Å². The van der Waals surface area contributed by atoms with E-state index in [0.717, 1.165) is 31.4 Å². The normalized spacial score (nSPS) is 15.5. The van der Waals surface area contributed by atoms with Crippen molar-refractivity contribution in [2.75, 3.05) is 7.05 Å². The minimum absolute atomic E-state index is 0.0777. The van der Waals surface area contributed by atoms with Crippen LogP contribution < -0.4 is 9.79 Å². The number of nitrogens with zero attached hydrogens (tertiary/aromatic N) is 3. The molecule has 1 saturated carbocycles. The molecule has 1 heterocycles. The Morgan fingerprint density at radius 3 is 2.70 bits per heavy atom. The van der Waals surface area contributed by atoms with Gasteiger partial charge in [-0.2, -0.15) is 0 Å². The van der Waals surface area contributed by atoms with Crippen LogP contribution in [0.3, 0.4) is 0 Å². The number of benzene rings is 1. The molecule has 23 heavy (non-hydrogen) atoms. The molecule has 1 fully saturated rings. The third-order valence-corrected chi connectivity index (χ3v) is 4.42. The lowest BCUT2D eigenvalue weighted by Gasteiger charge is -2.25. The zero-order valence-corrected chi connectivity index (χ0v) is 13.3. The molecule has 0 atom stereocenters. The number of carbonyl (C=O) groups excluding carboxylic acids is 1. The van der Waals surface area contributed by atoms with Crippen LogP contribution in [-0.2, 0) is 11.3 Å². The highest BCUT2D eigenvalue weighted by molar-refractivity contribution is 5.78. The fourth-order valence-corrected chi connectivity index (χ4v) is 3.13. The van der Waals surface area contributed by atoms with Crippen molar-refractivity contribution >= 4 is 5.91 Å². The van der Waals surface area contributed by atoms with Gasteiger partial charge in [-0.05, 0) is 17.5 Å². The summed E-state index contributed by atoms with van der Waals surface area (Å²) < 4.78 is 6.26. The molecule has 2 aromatic rings. The maximum absolute atomic E-state index is 12.5. The molecule has 6 nitrogen and oxygen atoms in total. The summed E-state index contributed by atoms with van der Waals surface area (Å²) in [6.07, 6.45) is 5.30. The summed E-state index contributed by atoms with van der Waals surface area (Å²) in [4.78, 5) is 14.2. The van der Waals surface area contributed by atoms with Gasteiger partial charge in [0.05, 0.1) is 5.27 Å². The van der Waals surface area contributed by atoms with Crippen LogP contribution in [0.2, 0.25) is 0 Å². The summed E-state index contributed by atoms with van der Waals surface area (Å²) in [6, 6.07) is 9.30. The summed E-state index contributed by atoms with van der Waals surface area (Å²) in [5, 5.41) is 15.8. The fourth-order valence-electron chi connectivity index (χ4n) is 3.13. The highest BCUT2D eigenvalue weighted by Crippen LogP contribution is 2.25. The number of hydrogen-bond donors (Lipinski definition) is 0. The predicted molar refractivity (Wildman–Crippen MR) is 80.5 cm³/mol. The van der Waals surface area contributed by atoms with Gasteiger partial charge in [0.25, 0.3) is 5.69 Å². The number of para-hydroxylation sites is 1. The third-order valence-electron chi connectivity index (χ3n) is 4.42. The summed E-state index contributed by atoms with van der Waals surface area (Å²) in [5.74, 6) is -0.323. The second-order valence-electron chi connectivity index (χ2n) is 6.08. The highest BCUT2D eigenvalue weighted by atomic mass is 16.6. The van der Waals surface area contributed by atoms with E-state index in [9.17, 15) is 9.90 Å². The molecule has 122 valence electrons. The van der Waals surface area contributed by atoms with E-state index in [-0.39, 0.29) is 18.4 Å². The summed E-state index contributed by atoms with van der Waals surface area (Å²) in [7, 11) is 1.73. The Labute approximate surface area is 135 Å². The molecule has 0 radical (unpaired) electrons. The quantitative estimate of drug-likeness (QED) is 0.803. The predicted octanol–water partition coefficient (Wildman–Crippen LogP) is 1.56. The Hall–Kier alpha value is -2.37. The van der Waals surface area contributed by atoms with Crippen LogP contribution in [0.5, 0.6) is 5.95 Å². The van der Waals surface area contributed by atoms with Crippen molar-refractivity contribution in [3.63, 3.8) is 0 Å². The molecule has 0 saturated heterocycles. The van der Waals surface area contributed by atoms with Crippen molar-refractivity contribution in [2.45, 2.75) is 38.6 Å². The van der Waals surface area contributed by atoms with Gasteiger partial charge >= 0.3 is 0 Å². The summed E-state index contributed by atoms with van der Waals surface area (Å²) >= 11 is 0. The minimum atomic E-state index is -0.503. The molecule has 0 spiro atoms. The molecule has 1 amide bonds. The summed E-state index contributed by atoms with van der Waals surface area (Å²) in [5.41, 5.74) is 1.11. The average Bonchev–Trinajstić information content (AvgIpc) is 2.96. The van der Waals surface area contributed by atoms with E-state index in [1.807, 2.05) is 30.3 Å². The van der Waals surface area contributed by atoms with E-state index in [1.165, 1.54) is 11.1 Å². The Balaban J connectivity index is 1.77. The largest absolute Gasteiger partial charge is 0.539 e. The Kier molecular flexibility index (Phi) is 4.60. The molecule has 1 aromatic heterocycles. The van der Waals surface area contributed by atoms with E-state index < -0.39 is 5.95 Å². The van der Waals surface area contributed by atoms with Gasteiger partial charge in [0.1, 0.15) is 6.54 Å². The van der Waals surface area contributed by atoms with Gasteiger partial charge in [-0.15, -0.1) is 0 Å². The van der Waals surface area contributed by atoms with Gasteiger partial charge in [-0.1, -0.05) is 37.5 Å². The molecular formula is C17H21N3O3. The SMILES string of the molecule is CN(Cc1c([O-])on[n+]1-c1ccccc1)C(=O)C1CCCCC1. The first-order valence-corrected chi connectivity index (χ1v) is 8.05. The first-order chi connectivity index (χ1) is 11.2. The second kappa shape index (κ2) is 6.81. The highest BCUT2D eigenvalue weighted by Gasteiger charge is 2.28. The van der Waals surface area contributed by atoms with Crippen molar-refractivity contribution in [2.24, 2.45) is 5.92 Å². The zero-order valence-electron chi connectivity index (χ0n) is 13.3. The van der Waals surface area contributed by atoms with Crippen molar-refractivity contribution in [3.8, 4) is 11.6 Å². The lowest BCUT2D eigenvalue weighted by atomic mass is 9.88. The van der Waals surface area contributed by atoms with Crippen LogP contribution in [0.15, 0.2) is 34.9 Å². The van der Waals surface area contributed by atoms with E-state index >= 15 is 0 Å². The van der Waals surface area contributed by atoms with Gasteiger partial charge in [0.2, 0.25) is 11.6 Å². The molecule has 0 bridgehead atoms. The maximum Gasteiger partial charge on any atom is 0.259 e. The first-order valence-electron chi connectivity index (χ1n) is 8.05. The third kappa shape index (κ3) is 3.36. The van der Waals surface area contributed by atoms with E-state index in [2.05, 4.69) is 5.27 Å². The van der Waals surface area contributed by atoms with Crippen LogP contribution in [-0.4, -0.2) is 23.1 Å². The molecule has 0 N–H and O–H groups in total. The molecule has 1 aromatic carbocycles. The van der Waals surface area contributed by atoms with Crippen molar-refractivity contribution in [1.29, 1.82) is 0 Å². The minimum Gasteiger partial charge on any atom is -0.539 e. The average molecular weight is 315 g/mol. The lowest BCUT2D eigenvalue weighted by Crippen LogP contribution is -2.41. The molecule has 3 rings (SSSR count). The Morgan fingerprint density at radius 1 is 1.30 bits per heavy atom. The van der Waals surface area contributed by atoms with Crippen LogP contribution in [0, 0.1) is 5.92 Å². The maximum atomic E-state index is 12.5. The van der Waals surface area contributed by atoms with Crippen molar-refractivity contribution in [3.05, 3.63) is 36.0 Å². The zero-order chi connectivity index (χ0) is 16.2. The van der Waals surface area contributed by atoms with Gasteiger partial charge < -0.3 is 14.5 Å². The first kappa shape index (κ1) is 15.5. The van der Waals surface area contributed by atoms with E-state index in [0.29, 0.717) is 5.69 Å². The number of hydrogen-bond acceptors (Lipinski definition) is 4. The van der Waals surface area contributed by atoms with Crippen LogP contribution >= 0.6 is 0 Å². The molecular weight excluding hydrogens is 294 g/mol. The number of carbonyl (C=O) groups is 1. The molecule has 6 heteroatoms.